The van der Waals surface area contributed by atoms with Crippen molar-refractivity contribution in [2.45, 2.75) is 0 Å². The van der Waals surface area contributed by atoms with Crippen LogP contribution in [0, 0.1) is 11.3 Å². The normalized spacial score (nSPS) is 9.64. The van der Waals surface area contributed by atoms with E-state index in [1.54, 1.807) is 12.1 Å². The lowest BCUT2D eigenvalue weighted by Crippen LogP contribution is -1.98. The summed E-state index contributed by atoms with van der Waals surface area (Å²) >= 11 is 0. The van der Waals surface area contributed by atoms with Crippen LogP contribution >= 0.6 is 0 Å². The molecule has 0 aliphatic rings. The molecule has 0 saturated heterocycles. The molecule has 14 heavy (non-hydrogen) atoms. The highest BCUT2D eigenvalue weighted by molar-refractivity contribution is 5.54. The summed E-state index contributed by atoms with van der Waals surface area (Å²) in [6.45, 7) is 0. The molecular formula is C9H6N4O. The molecule has 0 fully saturated rings. The Kier molecular flexibility index (Phi) is 1.88. The highest BCUT2D eigenvalue weighted by Crippen LogP contribution is 2.16. The standard InChI is InChI=1S/C9H6N4O/c10-4-6-5-12-9(13-8(6)11)7-2-1-3-14-7/h1-3,5H,(H2,11,12,13). The number of nitrogens with two attached hydrogens (primary N) is 1. The third kappa shape index (κ3) is 1.29. The van der Waals surface area contributed by atoms with Gasteiger partial charge < -0.3 is 10.2 Å². The Hall–Kier alpha value is -2.35. The predicted molar refractivity (Wildman–Crippen MR) is 48.9 cm³/mol. The Labute approximate surface area is 79.8 Å². The molecule has 0 unspecified atom stereocenters. The van der Waals surface area contributed by atoms with E-state index < -0.39 is 0 Å². The summed E-state index contributed by atoms with van der Waals surface area (Å²) in [5.41, 5.74) is 5.79. The van der Waals surface area contributed by atoms with Gasteiger partial charge in [0.2, 0.25) is 0 Å². The van der Waals surface area contributed by atoms with Crippen molar-refractivity contribution >= 4 is 5.82 Å². The lowest BCUT2D eigenvalue weighted by molar-refractivity contribution is 0.577. The third-order valence-electron chi connectivity index (χ3n) is 1.68. The van der Waals surface area contributed by atoms with E-state index in [0.717, 1.165) is 0 Å². The lowest BCUT2D eigenvalue weighted by atomic mass is 10.3. The molecule has 5 heteroatoms. The van der Waals surface area contributed by atoms with Crippen molar-refractivity contribution in [3.63, 3.8) is 0 Å². The second kappa shape index (κ2) is 3.18. The first kappa shape index (κ1) is 8.26. The molecule has 0 amide bonds. The second-order valence-corrected chi connectivity index (χ2v) is 2.58. The first-order valence-electron chi connectivity index (χ1n) is 3.88. The van der Waals surface area contributed by atoms with E-state index in [-0.39, 0.29) is 11.4 Å². The number of hydrogen-bond donors (Lipinski definition) is 1. The number of hydrogen-bond acceptors (Lipinski definition) is 5. The highest BCUT2D eigenvalue weighted by atomic mass is 16.3. The summed E-state index contributed by atoms with van der Waals surface area (Å²) in [4.78, 5) is 7.88. The number of anilines is 1. The molecule has 68 valence electrons. The molecule has 0 spiro atoms. The molecule has 2 heterocycles. The number of nitriles is 1. The van der Waals surface area contributed by atoms with Crippen LogP contribution in [-0.4, -0.2) is 9.97 Å². The van der Waals surface area contributed by atoms with Crippen molar-refractivity contribution in [1.29, 1.82) is 5.26 Å². The monoisotopic (exact) mass is 186 g/mol. The first-order chi connectivity index (χ1) is 6.81. The molecule has 2 N–H and O–H groups in total. The Morgan fingerprint density at radius 2 is 2.36 bits per heavy atom. The number of nitrogen functional groups attached to an aromatic ring is 1. The molecule has 0 aromatic carbocycles. The first-order valence-corrected chi connectivity index (χ1v) is 3.88. The fourth-order valence-electron chi connectivity index (χ4n) is 1.01. The van der Waals surface area contributed by atoms with Gasteiger partial charge in [-0.1, -0.05) is 0 Å². The Balaban J connectivity index is 2.49. The maximum absolute atomic E-state index is 8.61. The van der Waals surface area contributed by atoms with Gasteiger partial charge in [0.05, 0.1) is 12.5 Å². The van der Waals surface area contributed by atoms with Crippen molar-refractivity contribution in [3.05, 3.63) is 30.2 Å². The van der Waals surface area contributed by atoms with E-state index in [1.165, 1.54) is 12.5 Å². The van der Waals surface area contributed by atoms with Gasteiger partial charge in [0.25, 0.3) is 0 Å². The zero-order valence-corrected chi connectivity index (χ0v) is 7.14. The van der Waals surface area contributed by atoms with Crippen LogP contribution in [0.25, 0.3) is 11.6 Å². The SMILES string of the molecule is N#Cc1cnc(-c2ccco2)nc1N. The van der Waals surface area contributed by atoms with Gasteiger partial charge in [0.1, 0.15) is 17.5 Å². The van der Waals surface area contributed by atoms with Gasteiger partial charge in [-0.2, -0.15) is 5.26 Å². The van der Waals surface area contributed by atoms with Gasteiger partial charge in [0, 0.05) is 0 Å². The van der Waals surface area contributed by atoms with E-state index in [4.69, 9.17) is 15.4 Å². The zero-order chi connectivity index (χ0) is 9.97. The average molecular weight is 186 g/mol. The van der Waals surface area contributed by atoms with Crippen LogP contribution in [0.4, 0.5) is 5.82 Å². The Bertz CT molecular complexity index is 484. The average Bonchev–Trinajstić information content (AvgIpc) is 2.70. The van der Waals surface area contributed by atoms with E-state index in [2.05, 4.69) is 9.97 Å². The van der Waals surface area contributed by atoms with Crippen LogP contribution in [0.1, 0.15) is 5.56 Å². The number of furan rings is 1. The van der Waals surface area contributed by atoms with Gasteiger partial charge >= 0.3 is 0 Å². The van der Waals surface area contributed by atoms with Gasteiger partial charge in [-0.3, -0.25) is 0 Å². The summed E-state index contributed by atoms with van der Waals surface area (Å²) in [6.07, 6.45) is 2.90. The third-order valence-corrected chi connectivity index (χ3v) is 1.68. The van der Waals surface area contributed by atoms with Crippen LogP contribution in [0.5, 0.6) is 0 Å². The minimum absolute atomic E-state index is 0.161. The van der Waals surface area contributed by atoms with E-state index in [1.807, 2.05) is 6.07 Å². The molecule has 2 aromatic rings. The van der Waals surface area contributed by atoms with Crippen molar-refractivity contribution in [2.75, 3.05) is 5.73 Å². The van der Waals surface area contributed by atoms with E-state index in [0.29, 0.717) is 11.6 Å². The van der Waals surface area contributed by atoms with Gasteiger partial charge in [-0.15, -0.1) is 0 Å². The summed E-state index contributed by atoms with van der Waals surface area (Å²) in [5.74, 6) is 1.07. The summed E-state index contributed by atoms with van der Waals surface area (Å²) < 4.78 is 5.08. The van der Waals surface area contributed by atoms with Crippen LogP contribution in [-0.2, 0) is 0 Å². The maximum atomic E-state index is 8.61. The fraction of sp³-hybridized carbons (Fsp3) is 0. The number of rotatable bonds is 1. The predicted octanol–water partition coefficient (Wildman–Crippen LogP) is 1.19. The summed E-state index contributed by atoms with van der Waals surface area (Å²) in [7, 11) is 0. The number of aromatic nitrogens is 2. The van der Waals surface area contributed by atoms with E-state index >= 15 is 0 Å². The Morgan fingerprint density at radius 1 is 1.50 bits per heavy atom. The van der Waals surface area contributed by atoms with Gasteiger partial charge in [0.15, 0.2) is 11.6 Å². The molecule has 0 aliphatic heterocycles. The van der Waals surface area contributed by atoms with Crippen molar-refractivity contribution in [1.82, 2.24) is 9.97 Å². The molecule has 0 aliphatic carbocycles. The second-order valence-electron chi connectivity index (χ2n) is 2.58. The molecule has 2 aromatic heterocycles. The molecule has 0 bridgehead atoms. The topological polar surface area (TPSA) is 88.7 Å². The molecule has 0 saturated carbocycles. The van der Waals surface area contributed by atoms with E-state index in [9.17, 15) is 0 Å². The summed E-state index contributed by atoms with van der Waals surface area (Å²) in [6, 6.07) is 5.34. The lowest BCUT2D eigenvalue weighted by Gasteiger charge is -1.97. The van der Waals surface area contributed by atoms with Crippen LogP contribution in [0.15, 0.2) is 29.0 Å². The maximum Gasteiger partial charge on any atom is 0.197 e. The van der Waals surface area contributed by atoms with Crippen LogP contribution < -0.4 is 5.73 Å². The molecule has 0 radical (unpaired) electrons. The molecule has 2 rings (SSSR count). The smallest absolute Gasteiger partial charge is 0.197 e. The largest absolute Gasteiger partial charge is 0.461 e. The Morgan fingerprint density at radius 3 is 2.93 bits per heavy atom. The number of nitrogens with zero attached hydrogens (tertiary/aromatic N) is 3. The quantitative estimate of drug-likeness (QED) is 0.722. The zero-order valence-electron chi connectivity index (χ0n) is 7.14. The van der Waals surface area contributed by atoms with Crippen LogP contribution in [0.2, 0.25) is 0 Å². The summed E-state index contributed by atoms with van der Waals surface area (Å²) in [5, 5.41) is 8.61. The minimum atomic E-state index is 0.161. The van der Waals surface area contributed by atoms with Crippen LogP contribution in [0.3, 0.4) is 0 Å². The highest BCUT2D eigenvalue weighted by Gasteiger charge is 2.07. The minimum Gasteiger partial charge on any atom is -0.461 e. The van der Waals surface area contributed by atoms with Crippen molar-refractivity contribution < 1.29 is 4.42 Å². The van der Waals surface area contributed by atoms with Crippen molar-refractivity contribution in [3.8, 4) is 17.7 Å². The molecule has 5 nitrogen and oxygen atoms in total. The van der Waals surface area contributed by atoms with Gasteiger partial charge in [-0.25, -0.2) is 9.97 Å². The van der Waals surface area contributed by atoms with Gasteiger partial charge in [-0.05, 0) is 12.1 Å². The molecule has 0 atom stereocenters. The molecular weight excluding hydrogens is 180 g/mol. The van der Waals surface area contributed by atoms with Crippen molar-refractivity contribution in [2.24, 2.45) is 0 Å². The fourth-order valence-corrected chi connectivity index (χ4v) is 1.01.